The van der Waals surface area contributed by atoms with E-state index in [1.165, 1.54) is 0 Å². The lowest BCUT2D eigenvalue weighted by Gasteiger charge is -2.38. The molecule has 0 bridgehead atoms. The molecule has 0 spiro atoms. The van der Waals surface area contributed by atoms with Crippen molar-refractivity contribution in [2.45, 2.75) is 12.5 Å². The standard InChI is InChI=1S/C8H13NO/c1-4-8(2)7-10-6-5-9(8)3/h1H,5-7H2,2-3H3. The molecule has 0 N–H and O–H groups in total. The third-order valence-corrected chi connectivity index (χ3v) is 2.11. The maximum absolute atomic E-state index is 5.36. The van der Waals surface area contributed by atoms with Gasteiger partial charge in [0, 0.05) is 6.54 Å². The number of nitrogens with zero attached hydrogens (tertiary/aromatic N) is 1. The van der Waals surface area contributed by atoms with Crippen molar-refractivity contribution in [1.29, 1.82) is 0 Å². The maximum atomic E-state index is 5.36. The summed E-state index contributed by atoms with van der Waals surface area (Å²) in [4.78, 5) is 2.15. The van der Waals surface area contributed by atoms with Gasteiger partial charge in [-0.2, -0.15) is 0 Å². The molecule has 1 unspecified atom stereocenters. The van der Waals surface area contributed by atoms with Gasteiger partial charge in [-0.15, -0.1) is 6.42 Å². The largest absolute Gasteiger partial charge is 0.377 e. The van der Waals surface area contributed by atoms with Gasteiger partial charge < -0.3 is 4.74 Å². The lowest BCUT2D eigenvalue weighted by atomic mass is 10.0. The smallest absolute Gasteiger partial charge is 0.103 e. The second-order valence-electron chi connectivity index (χ2n) is 2.89. The molecule has 1 aliphatic heterocycles. The molecule has 2 heteroatoms. The van der Waals surface area contributed by atoms with Crippen molar-refractivity contribution in [3.05, 3.63) is 0 Å². The Morgan fingerprint density at radius 1 is 1.70 bits per heavy atom. The van der Waals surface area contributed by atoms with E-state index in [2.05, 4.69) is 10.8 Å². The van der Waals surface area contributed by atoms with Gasteiger partial charge in [0.05, 0.1) is 13.2 Å². The predicted molar refractivity (Wildman–Crippen MR) is 40.7 cm³/mol. The van der Waals surface area contributed by atoms with E-state index in [0.29, 0.717) is 6.61 Å². The minimum absolute atomic E-state index is 0.182. The van der Waals surface area contributed by atoms with Crippen LogP contribution in [0, 0.1) is 12.3 Å². The number of likely N-dealkylation sites (N-methyl/N-ethyl adjacent to an activating group) is 1. The second kappa shape index (κ2) is 2.61. The summed E-state index contributed by atoms with van der Waals surface area (Å²) in [6.07, 6.45) is 5.36. The Balaban J connectivity index is 2.65. The first kappa shape index (κ1) is 7.59. The first-order valence-corrected chi connectivity index (χ1v) is 3.46. The van der Waals surface area contributed by atoms with Crippen LogP contribution in [0.1, 0.15) is 6.92 Å². The first-order chi connectivity index (χ1) is 4.69. The first-order valence-electron chi connectivity index (χ1n) is 3.46. The SMILES string of the molecule is C#CC1(C)COCCN1C. The van der Waals surface area contributed by atoms with Gasteiger partial charge in [0.2, 0.25) is 0 Å². The van der Waals surface area contributed by atoms with Gasteiger partial charge in [-0.25, -0.2) is 0 Å². The van der Waals surface area contributed by atoms with Crippen molar-refractivity contribution in [2.75, 3.05) is 26.8 Å². The van der Waals surface area contributed by atoms with Gasteiger partial charge in [0.15, 0.2) is 0 Å². The molecule has 0 aromatic heterocycles. The van der Waals surface area contributed by atoms with Crippen molar-refractivity contribution < 1.29 is 4.74 Å². The molecule has 0 amide bonds. The van der Waals surface area contributed by atoms with Crippen LogP contribution >= 0.6 is 0 Å². The minimum atomic E-state index is -0.182. The minimum Gasteiger partial charge on any atom is -0.377 e. The molecular formula is C8H13NO. The van der Waals surface area contributed by atoms with Crippen LogP contribution in [0.4, 0.5) is 0 Å². The zero-order chi connectivity index (χ0) is 7.61. The van der Waals surface area contributed by atoms with E-state index < -0.39 is 0 Å². The third kappa shape index (κ3) is 1.16. The Labute approximate surface area is 62.2 Å². The van der Waals surface area contributed by atoms with Gasteiger partial charge in [-0.05, 0) is 14.0 Å². The zero-order valence-corrected chi connectivity index (χ0v) is 6.55. The highest BCUT2D eigenvalue weighted by molar-refractivity contribution is 5.11. The third-order valence-electron chi connectivity index (χ3n) is 2.11. The molecule has 10 heavy (non-hydrogen) atoms. The Bertz CT molecular complexity index is 161. The molecule has 0 aliphatic carbocycles. The Kier molecular flexibility index (Phi) is 1.98. The molecule has 2 nitrogen and oxygen atoms in total. The van der Waals surface area contributed by atoms with Crippen LogP contribution in [-0.4, -0.2) is 37.2 Å². The lowest BCUT2D eigenvalue weighted by Crippen LogP contribution is -2.51. The molecule has 1 rings (SSSR count). The molecule has 0 aromatic rings. The summed E-state index contributed by atoms with van der Waals surface area (Å²) in [5, 5.41) is 0. The molecule has 1 atom stereocenters. The summed E-state index contributed by atoms with van der Waals surface area (Å²) in [5.74, 6) is 2.73. The van der Waals surface area contributed by atoms with E-state index >= 15 is 0 Å². The molecule has 1 saturated heterocycles. The maximum Gasteiger partial charge on any atom is 0.103 e. The average Bonchev–Trinajstić information content (AvgIpc) is 1.96. The summed E-state index contributed by atoms with van der Waals surface area (Å²) >= 11 is 0. The fraction of sp³-hybridized carbons (Fsp3) is 0.750. The number of terminal acetylenes is 1. The van der Waals surface area contributed by atoms with Crippen LogP contribution in [0.25, 0.3) is 0 Å². The number of morpholine rings is 1. The fourth-order valence-corrected chi connectivity index (χ4v) is 0.981. The zero-order valence-electron chi connectivity index (χ0n) is 6.55. The quantitative estimate of drug-likeness (QED) is 0.449. The van der Waals surface area contributed by atoms with Gasteiger partial charge in [-0.3, -0.25) is 4.90 Å². The van der Waals surface area contributed by atoms with E-state index in [4.69, 9.17) is 11.2 Å². The van der Waals surface area contributed by atoms with Gasteiger partial charge >= 0.3 is 0 Å². The van der Waals surface area contributed by atoms with E-state index in [0.717, 1.165) is 13.2 Å². The van der Waals surface area contributed by atoms with Crippen LogP contribution < -0.4 is 0 Å². The van der Waals surface area contributed by atoms with Crippen LogP contribution in [0.5, 0.6) is 0 Å². The van der Waals surface area contributed by atoms with Crippen LogP contribution in [-0.2, 0) is 4.74 Å². The summed E-state index contributed by atoms with van der Waals surface area (Å²) in [5.41, 5.74) is -0.182. The Hall–Kier alpha value is -0.520. The highest BCUT2D eigenvalue weighted by Crippen LogP contribution is 2.15. The lowest BCUT2D eigenvalue weighted by molar-refractivity contribution is -0.0182. The van der Waals surface area contributed by atoms with Crippen molar-refractivity contribution in [3.63, 3.8) is 0 Å². The van der Waals surface area contributed by atoms with Crippen molar-refractivity contribution in [2.24, 2.45) is 0 Å². The molecular weight excluding hydrogens is 126 g/mol. The van der Waals surface area contributed by atoms with E-state index in [1.54, 1.807) is 0 Å². The van der Waals surface area contributed by atoms with Crippen LogP contribution in [0.2, 0.25) is 0 Å². The van der Waals surface area contributed by atoms with Gasteiger partial charge in [0.1, 0.15) is 5.54 Å². The normalized spacial score (nSPS) is 35.3. The molecule has 1 fully saturated rings. The topological polar surface area (TPSA) is 12.5 Å². The van der Waals surface area contributed by atoms with Crippen molar-refractivity contribution in [1.82, 2.24) is 4.90 Å². The van der Waals surface area contributed by atoms with Gasteiger partial charge in [-0.1, -0.05) is 5.92 Å². The summed E-state index contributed by atoms with van der Waals surface area (Å²) in [6, 6.07) is 0. The monoisotopic (exact) mass is 139 g/mol. The van der Waals surface area contributed by atoms with Gasteiger partial charge in [0.25, 0.3) is 0 Å². The second-order valence-corrected chi connectivity index (χ2v) is 2.89. The predicted octanol–water partition coefficient (Wildman–Crippen LogP) is 0.340. The summed E-state index contributed by atoms with van der Waals surface area (Å²) < 4.78 is 5.26. The number of hydrogen-bond donors (Lipinski definition) is 0. The van der Waals surface area contributed by atoms with Crippen LogP contribution in [0.15, 0.2) is 0 Å². The Morgan fingerprint density at radius 3 is 2.80 bits per heavy atom. The number of hydrogen-bond acceptors (Lipinski definition) is 2. The van der Waals surface area contributed by atoms with Crippen molar-refractivity contribution in [3.8, 4) is 12.3 Å². The Morgan fingerprint density at radius 2 is 2.40 bits per heavy atom. The summed E-state index contributed by atoms with van der Waals surface area (Å²) in [6.45, 7) is 4.40. The average molecular weight is 139 g/mol. The van der Waals surface area contributed by atoms with E-state index in [9.17, 15) is 0 Å². The van der Waals surface area contributed by atoms with E-state index in [-0.39, 0.29) is 5.54 Å². The van der Waals surface area contributed by atoms with E-state index in [1.807, 2.05) is 14.0 Å². The fourth-order valence-electron chi connectivity index (χ4n) is 0.981. The molecule has 56 valence electrons. The molecule has 0 radical (unpaired) electrons. The number of ether oxygens (including phenoxy) is 1. The molecule has 0 saturated carbocycles. The highest BCUT2D eigenvalue weighted by atomic mass is 16.5. The molecule has 1 aliphatic rings. The molecule has 1 heterocycles. The highest BCUT2D eigenvalue weighted by Gasteiger charge is 2.29. The number of rotatable bonds is 0. The molecule has 0 aromatic carbocycles. The van der Waals surface area contributed by atoms with Crippen molar-refractivity contribution >= 4 is 0 Å². The summed E-state index contributed by atoms with van der Waals surface area (Å²) in [7, 11) is 2.03. The van der Waals surface area contributed by atoms with Crippen LogP contribution in [0.3, 0.4) is 0 Å².